The van der Waals surface area contributed by atoms with Gasteiger partial charge < -0.3 is 15.0 Å². The molecule has 1 aliphatic heterocycles. The number of nitrogens with one attached hydrogen (secondary N) is 1. The van der Waals surface area contributed by atoms with Crippen LogP contribution in [0.25, 0.3) is 0 Å². The van der Waals surface area contributed by atoms with Gasteiger partial charge in [0.25, 0.3) is 0 Å². The van der Waals surface area contributed by atoms with E-state index in [0.29, 0.717) is 12.5 Å². The van der Waals surface area contributed by atoms with Crippen LogP contribution in [0.5, 0.6) is 0 Å². The molecule has 6 heteroatoms. The SMILES string of the molecule is CCOCC(=O)NC1CCN(C[C@]23C[C@@H](c4ccccc42)c2ccc(Cl)cc23)CC1.Cl. The lowest BCUT2D eigenvalue weighted by molar-refractivity contribution is -0.126. The molecule has 2 aliphatic carbocycles. The van der Waals surface area contributed by atoms with Gasteiger partial charge in [-0.1, -0.05) is 41.9 Å². The number of hydrogen-bond acceptors (Lipinski definition) is 3. The predicted molar refractivity (Wildman–Crippen MR) is 126 cm³/mol. The highest BCUT2D eigenvalue weighted by atomic mass is 35.5. The maximum Gasteiger partial charge on any atom is 0.246 e. The van der Waals surface area contributed by atoms with Gasteiger partial charge in [0.15, 0.2) is 0 Å². The maximum absolute atomic E-state index is 12.0. The number of carbonyl (C=O) groups excluding carboxylic acids is 1. The number of halogens is 2. The second kappa shape index (κ2) is 9.11. The summed E-state index contributed by atoms with van der Waals surface area (Å²) in [6.45, 7) is 5.67. The van der Waals surface area contributed by atoms with E-state index >= 15 is 0 Å². The molecular weight excluding hydrogens is 431 g/mol. The number of rotatable bonds is 6. The van der Waals surface area contributed by atoms with Crippen molar-refractivity contribution in [2.45, 2.75) is 43.6 Å². The van der Waals surface area contributed by atoms with Crippen molar-refractivity contribution in [3.05, 3.63) is 69.7 Å². The van der Waals surface area contributed by atoms with Crippen LogP contribution in [0.4, 0.5) is 0 Å². The van der Waals surface area contributed by atoms with E-state index in [4.69, 9.17) is 16.3 Å². The normalized spacial score (nSPS) is 24.4. The molecule has 3 aliphatic rings. The summed E-state index contributed by atoms with van der Waals surface area (Å²) >= 11 is 6.43. The Kier molecular flexibility index (Phi) is 6.64. The standard InChI is InChI=1S/C25H29ClN2O2.ClH/c1-2-30-15-24(29)27-18-9-11-28(12-10-18)16-25-14-21(19-5-3-4-6-22(19)25)20-8-7-17(26)13-23(20)25;/h3-8,13,18,21H,2,9-12,14-16H2,1H3,(H,27,29);1H/t21-,25+;/m0./s1. The van der Waals surface area contributed by atoms with E-state index in [-0.39, 0.29) is 36.4 Å². The average Bonchev–Trinajstić information content (AvgIpc) is 3.25. The number of piperidine rings is 1. The van der Waals surface area contributed by atoms with Crippen molar-refractivity contribution in [3.63, 3.8) is 0 Å². The number of nitrogens with zero attached hydrogens (tertiary/aromatic N) is 1. The second-order valence-corrected chi connectivity index (χ2v) is 9.35. The lowest BCUT2D eigenvalue weighted by Gasteiger charge is -2.40. The summed E-state index contributed by atoms with van der Waals surface area (Å²) in [6.07, 6.45) is 3.12. The summed E-state index contributed by atoms with van der Waals surface area (Å²) in [5.74, 6) is 0.490. The monoisotopic (exact) mass is 460 g/mol. The van der Waals surface area contributed by atoms with Crippen molar-refractivity contribution in [2.75, 3.05) is 32.8 Å². The average molecular weight is 461 g/mol. The Bertz CT molecular complexity index is 958. The Balaban J connectivity index is 0.00000231. The fraction of sp³-hybridized carbons (Fsp3) is 0.480. The summed E-state index contributed by atoms with van der Waals surface area (Å²) in [6, 6.07) is 15.7. The molecular formula is C25H30Cl2N2O2. The Morgan fingerprint density at radius 1 is 1.16 bits per heavy atom. The first-order valence-electron chi connectivity index (χ1n) is 11.1. The number of amides is 1. The fourth-order valence-corrected chi connectivity index (χ4v) is 6.07. The van der Waals surface area contributed by atoms with Crippen molar-refractivity contribution in [2.24, 2.45) is 0 Å². The molecule has 31 heavy (non-hydrogen) atoms. The molecule has 1 fully saturated rings. The van der Waals surface area contributed by atoms with E-state index in [2.05, 4.69) is 46.6 Å². The molecule has 2 bridgehead atoms. The minimum Gasteiger partial charge on any atom is -0.372 e. The van der Waals surface area contributed by atoms with E-state index < -0.39 is 0 Å². The first kappa shape index (κ1) is 22.6. The summed E-state index contributed by atoms with van der Waals surface area (Å²) in [5, 5.41) is 3.96. The molecule has 1 saturated heterocycles. The van der Waals surface area contributed by atoms with Crippen LogP contribution in [-0.2, 0) is 14.9 Å². The Morgan fingerprint density at radius 3 is 2.68 bits per heavy atom. The highest BCUT2D eigenvalue weighted by Gasteiger charge is 2.53. The summed E-state index contributed by atoms with van der Waals surface area (Å²) < 4.78 is 5.22. The molecule has 0 unspecified atom stereocenters. The molecule has 0 radical (unpaired) electrons. The smallest absolute Gasteiger partial charge is 0.246 e. The van der Waals surface area contributed by atoms with Crippen LogP contribution in [0.15, 0.2) is 42.5 Å². The van der Waals surface area contributed by atoms with E-state index in [1.54, 1.807) is 0 Å². The molecule has 2 aromatic rings. The number of ether oxygens (including phenoxy) is 1. The van der Waals surface area contributed by atoms with Crippen LogP contribution < -0.4 is 5.32 Å². The number of carbonyl (C=O) groups is 1. The van der Waals surface area contributed by atoms with Gasteiger partial charge in [0, 0.05) is 48.6 Å². The van der Waals surface area contributed by atoms with Crippen LogP contribution in [0, 0.1) is 0 Å². The van der Waals surface area contributed by atoms with Crippen LogP contribution >= 0.6 is 24.0 Å². The molecule has 5 rings (SSSR count). The third-order valence-corrected chi connectivity index (χ3v) is 7.43. The van der Waals surface area contributed by atoms with Crippen LogP contribution in [-0.4, -0.2) is 49.7 Å². The van der Waals surface area contributed by atoms with Crippen molar-refractivity contribution < 1.29 is 9.53 Å². The molecule has 1 N–H and O–H groups in total. The molecule has 1 heterocycles. The lowest BCUT2D eigenvalue weighted by atomic mass is 9.74. The minimum atomic E-state index is 0. The van der Waals surface area contributed by atoms with Gasteiger partial charge in [0.2, 0.25) is 5.91 Å². The van der Waals surface area contributed by atoms with Crippen molar-refractivity contribution >= 4 is 29.9 Å². The largest absolute Gasteiger partial charge is 0.372 e. The molecule has 166 valence electrons. The first-order chi connectivity index (χ1) is 14.6. The zero-order chi connectivity index (χ0) is 20.7. The van der Waals surface area contributed by atoms with Gasteiger partial charge in [-0.25, -0.2) is 0 Å². The first-order valence-corrected chi connectivity index (χ1v) is 11.5. The predicted octanol–water partition coefficient (Wildman–Crippen LogP) is 4.51. The zero-order valence-corrected chi connectivity index (χ0v) is 19.5. The van der Waals surface area contributed by atoms with Crippen LogP contribution in [0.3, 0.4) is 0 Å². The molecule has 0 aromatic heterocycles. The van der Waals surface area contributed by atoms with Gasteiger partial charge in [-0.15, -0.1) is 12.4 Å². The third-order valence-electron chi connectivity index (χ3n) is 7.19. The summed E-state index contributed by atoms with van der Waals surface area (Å²) in [7, 11) is 0. The topological polar surface area (TPSA) is 41.6 Å². The van der Waals surface area contributed by atoms with Crippen molar-refractivity contribution in [3.8, 4) is 0 Å². The Morgan fingerprint density at radius 2 is 1.90 bits per heavy atom. The zero-order valence-electron chi connectivity index (χ0n) is 17.9. The van der Waals surface area contributed by atoms with Crippen molar-refractivity contribution in [1.82, 2.24) is 10.2 Å². The molecule has 0 saturated carbocycles. The van der Waals surface area contributed by atoms with Crippen LogP contribution in [0.2, 0.25) is 5.02 Å². The molecule has 2 atom stereocenters. The minimum absolute atomic E-state index is 0. The van der Waals surface area contributed by atoms with E-state index in [1.165, 1.54) is 22.3 Å². The fourth-order valence-electron chi connectivity index (χ4n) is 5.90. The maximum atomic E-state index is 12.0. The van der Waals surface area contributed by atoms with Gasteiger partial charge in [0.1, 0.15) is 6.61 Å². The quantitative estimate of drug-likeness (QED) is 0.688. The number of benzene rings is 2. The summed E-state index contributed by atoms with van der Waals surface area (Å²) in [5.41, 5.74) is 5.89. The van der Waals surface area contributed by atoms with Gasteiger partial charge >= 0.3 is 0 Å². The van der Waals surface area contributed by atoms with E-state index in [1.807, 2.05) is 13.0 Å². The van der Waals surface area contributed by atoms with Gasteiger partial charge in [0.05, 0.1) is 0 Å². The van der Waals surface area contributed by atoms with Gasteiger partial charge in [-0.2, -0.15) is 0 Å². The Labute approximate surface area is 195 Å². The second-order valence-electron chi connectivity index (χ2n) is 8.91. The van der Waals surface area contributed by atoms with Gasteiger partial charge in [-0.3, -0.25) is 4.79 Å². The molecule has 1 amide bonds. The van der Waals surface area contributed by atoms with E-state index in [9.17, 15) is 4.79 Å². The Hall–Kier alpha value is -1.59. The van der Waals surface area contributed by atoms with Crippen molar-refractivity contribution in [1.29, 1.82) is 0 Å². The highest BCUT2D eigenvalue weighted by molar-refractivity contribution is 6.30. The summed E-state index contributed by atoms with van der Waals surface area (Å²) in [4.78, 5) is 14.6. The molecule has 2 aromatic carbocycles. The van der Waals surface area contributed by atoms with E-state index in [0.717, 1.165) is 43.9 Å². The van der Waals surface area contributed by atoms with Crippen LogP contribution in [0.1, 0.15) is 54.4 Å². The molecule has 4 nitrogen and oxygen atoms in total. The lowest BCUT2D eigenvalue weighted by Crippen LogP contribution is -2.49. The van der Waals surface area contributed by atoms with Gasteiger partial charge in [-0.05, 0) is 60.6 Å². The number of likely N-dealkylation sites (tertiary alicyclic amines) is 1. The number of hydrogen-bond donors (Lipinski definition) is 1. The third kappa shape index (κ3) is 4.00. The highest BCUT2D eigenvalue weighted by Crippen LogP contribution is 2.60. The number of fused-ring (bicyclic) bond motifs is 8. The molecule has 0 spiro atoms.